The molecule has 0 fully saturated rings. The second-order valence-electron chi connectivity index (χ2n) is 7.35. The summed E-state index contributed by atoms with van der Waals surface area (Å²) in [5, 5.41) is 1.97. The Morgan fingerprint density at radius 1 is 0.933 bits per heavy atom. The van der Waals surface area contributed by atoms with E-state index >= 15 is 0 Å². The average molecular weight is 425 g/mol. The normalized spacial score (nSPS) is 10.8. The molecule has 3 rings (SSSR count). The predicted molar refractivity (Wildman–Crippen MR) is 118 cm³/mol. The molecular weight excluding hydrogens is 399 g/mol. The second-order valence-corrected chi connectivity index (χ2v) is 8.38. The van der Waals surface area contributed by atoms with Gasteiger partial charge < -0.3 is 9.80 Å². The second kappa shape index (κ2) is 10.2. The zero-order valence-corrected chi connectivity index (χ0v) is 17.9. The van der Waals surface area contributed by atoms with E-state index in [4.69, 9.17) is 0 Å². The maximum absolute atomic E-state index is 13.3. The summed E-state index contributed by atoms with van der Waals surface area (Å²) in [6, 6.07) is 18.9. The SMILES string of the molecule is CC(C)N(CC(=O)N(Cc1ccc(F)cc1)Cc1cccs1)C(=O)c1ccccc1. The summed E-state index contributed by atoms with van der Waals surface area (Å²) in [5.41, 5.74) is 1.40. The molecule has 0 saturated carbocycles. The van der Waals surface area contributed by atoms with Crippen LogP contribution in [0.3, 0.4) is 0 Å². The summed E-state index contributed by atoms with van der Waals surface area (Å²) < 4.78 is 13.3. The van der Waals surface area contributed by atoms with E-state index in [-0.39, 0.29) is 30.2 Å². The first-order chi connectivity index (χ1) is 14.4. The number of hydrogen-bond acceptors (Lipinski definition) is 3. The van der Waals surface area contributed by atoms with Crippen molar-refractivity contribution in [2.45, 2.75) is 33.0 Å². The van der Waals surface area contributed by atoms with Crippen molar-refractivity contribution in [2.75, 3.05) is 6.54 Å². The number of carbonyl (C=O) groups is 2. The largest absolute Gasteiger partial charge is 0.332 e. The van der Waals surface area contributed by atoms with E-state index < -0.39 is 0 Å². The molecule has 30 heavy (non-hydrogen) atoms. The van der Waals surface area contributed by atoms with E-state index in [1.165, 1.54) is 12.1 Å². The summed E-state index contributed by atoms with van der Waals surface area (Å²) >= 11 is 1.58. The highest BCUT2D eigenvalue weighted by atomic mass is 32.1. The van der Waals surface area contributed by atoms with Crippen LogP contribution in [0.15, 0.2) is 72.1 Å². The van der Waals surface area contributed by atoms with E-state index in [9.17, 15) is 14.0 Å². The van der Waals surface area contributed by atoms with Crippen LogP contribution < -0.4 is 0 Å². The number of halogens is 1. The quantitative estimate of drug-likeness (QED) is 0.512. The van der Waals surface area contributed by atoms with Gasteiger partial charge in [-0.25, -0.2) is 4.39 Å². The number of nitrogens with zero attached hydrogens (tertiary/aromatic N) is 2. The third-order valence-electron chi connectivity index (χ3n) is 4.78. The van der Waals surface area contributed by atoms with Gasteiger partial charge >= 0.3 is 0 Å². The molecule has 0 unspecified atom stereocenters. The number of carbonyl (C=O) groups excluding carboxylic acids is 2. The molecule has 3 aromatic rings. The van der Waals surface area contributed by atoms with Gasteiger partial charge in [-0.15, -0.1) is 11.3 Å². The van der Waals surface area contributed by atoms with Gasteiger partial charge in [0.15, 0.2) is 0 Å². The highest BCUT2D eigenvalue weighted by Crippen LogP contribution is 2.17. The van der Waals surface area contributed by atoms with E-state index in [0.29, 0.717) is 18.7 Å². The molecule has 0 aliphatic carbocycles. The molecule has 0 aliphatic rings. The molecule has 0 saturated heterocycles. The number of hydrogen-bond donors (Lipinski definition) is 0. The zero-order chi connectivity index (χ0) is 21.5. The molecule has 0 N–H and O–H groups in total. The minimum atomic E-state index is -0.311. The number of thiophene rings is 1. The Bertz CT molecular complexity index is 957. The van der Waals surface area contributed by atoms with Crippen molar-refractivity contribution in [3.63, 3.8) is 0 Å². The Balaban J connectivity index is 1.79. The standard InChI is InChI=1S/C24H25FN2O2S/c1-18(2)27(24(29)20-7-4-3-5-8-20)17-23(28)26(16-22-9-6-14-30-22)15-19-10-12-21(25)13-11-19/h3-14,18H,15-17H2,1-2H3. The molecule has 0 atom stereocenters. The summed E-state index contributed by atoms with van der Waals surface area (Å²) in [6.07, 6.45) is 0. The van der Waals surface area contributed by atoms with Gasteiger partial charge in [0.2, 0.25) is 5.91 Å². The summed E-state index contributed by atoms with van der Waals surface area (Å²) in [5.74, 6) is -0.628. The Hall–Kier alpha value is -2.99. The summed E-state index contributed by atoms with van der Waals surface area (Å²) in [6.45, 7) is 4.58. The highest BCUT2D eigenvalue weighted by molar-refractivity contribution is 7.09. The fourth-order valence-electron chi connectivity index (χ4n) is 3.11. The molecule has 4 nitrogen and oxygen atoms in total. The summed E-state index contributed by atoms with van der Waals surface area (Å²) in [4.78, 5) is 30.6. The minimum Gasteiger partial charge on any atom is -0.332 e. The molecule has 1 heterocycles. The van der Waals surface area contributed by atoms with Crippen LogP contribution in [0.25, 0.3) is 0 Å². The Morgan fingerprint density at radius 2 is 1.63 bits per heavy atom. The lowest BCUT2D eigenvalue weighted by molar-refractivity contribution is -0.133. The van der Waals surface area contributed by atoms with Crippen molar-refractivity contribution >= 4 is 23.2 Å². The van der Waals surface area contributed by atoms with Crippen molar-refractivity contribution in [3.8, 4) is 0 Å². The van der Waals surface area contributed by atoms with Gasteiger partial charge in [-0.1, -0.05) is 36.4 Å². The van der Waals surface area contributed by atoms with Crippen LogP contribution >= 0.6 is 11.3 Å². The van der Waals surface area contributed by atoms with E-state index in [1.807, 2.05) is 49.6 Å². The first-order valence-corrected chi connectivity index (χ1v) is 10.7. The van der Waals surface area contributed by atoms with Gasteiger partial charge in [0, 0.05) is 23.0 Å². The van der Waals surface area contributed by atoms with Gasteiger partial charge in [0.1, 0.15) is 12.4 Å². The Kier molecular flexibility index (Phi) is 7.36. The molecule has 1 aromatic heterocycles. The molecule has 0 spiro atoms. The van der Waals surface area contributed by atoms with Crippen molar-refractivity contribution in [3.05, 3.63) is 93.9 Å². The van der Waals surface area contributed by atoms with Crippen LogP contribution in [0.4, 0.5) is 4.39 Å². The molecule has 6 heteroatoms. The molecular formula is C24H25FN2O2S. The van der Waals surface area contributed by atoms with Crippen LogP contribution in [0, 0.1) is 5.82 Å². The monoisotopic (exact) mass is 424 g/mol. The zero-order valence-electron chi connectivity index (χ0n) is 17.1. The van der Waals surface area contributed by atoms with Gasteiger partial charge in [-0.2, -0.15) is 0 Å². The third-order valence-corrected chi connectivity index (χ3v) is 5.64. The van der Waals surface area contributed by atoms with Crippen LogP contribution in [0.2, 0.25) is 0 Å². The minimum absolute atomic E-state index is 0.0159. The molecule has 2 aromatic carbocycles. The molecule has 2 amide bonds. The van der Waals surface area contributed by atoms with Crippen molar-refractivity contribution in [2.24, 2.45) is 0 Å². The maximum Gasteiger partial charge on any atom is 0.254 e. The van der Waals surface area contributed by atoms with Crippen LogP contribution in [-0.2, 0) is 17.9 Å². The molecule has 0 radical (unpaired) electrons. The summed E-state index contributed by atoms with van der Waals surface area (Å²) in [7, 11) is 0. The van der Waals surface area contributed by atoms with Crippen molar-refractivity contribution in [1.29, 1.82) is 0 Å². The van der Waals surface area contributed by atoms with Crippen molar-refractivity contribution in [1.82, 2.24) is 9.80 Å². The number of rotatable bonds is 8. The van der Waals surface area contributed by atoms with Crippen molar-refractivity contribution < 1.29 is 14.0 Å². The fourth-order valence-corrected chi connectivity index (χ4v) is 3.83. The van der Waals surface area contributed by atoms with Gasteiger partial charge in [-0.3, -0.25) is 9.59 Å². The van der Waals surface area contributed by atoms with Crippen LogP contribution in [-0.4, -0.2) is 34.2 Å². The predicted octanol–water partition coefficient (Wildman–Crippen LogP) is 4.97. The van der Waals surface area contributed by atoms with E-state index in [2.05, 4.69) is 0 Å². The Labute approximate surface area is 180 Å². The first kappa shape index (κ1) is 21.7. The molecule has 0 bridgehead atoms. The maximum atomic E-state index is 13.3. The first-order valence-electron chi connectivity index (χ1n) is 9.84. The van der Waals surface area contributed by atoms with Crippen LogP contribution in [0.1, 0.15) is 34.6 Å². The fraction of sp³-hybridized carbons (Fsp3) is 0.250. The van der Waals surface area contributed by atoms with Gasteiger partial charge in [0.25, 0.3) is 5.91 Å². The lowest BCUT2D eigenvalue weighted by atomic mass is 10.1. The number of benzene rings is 2. The average Bonchev–Trinajstić information content (AvgIpc) is 3.26. The van der Waals surface area contributed by atoms with E-state index in [0.717, 1.165) is 10.4 Å². The number of amides is 2. The smallest absolute Gasteiger partial charge is 0.254 e. The molecule has 156 valence electrons. The van der Waals surface area contributed by atoms with Crippen LogP contribution in [0.5, 0.6) is 0 Å². The third kappa shape index (κ3) is 5.76. The van der Waals surface area contributed by atoms with E-state index in [1.54, 1.807) is 45.4 Å². The molecule has 0 aliphatic heterocycles. The lowest BCUT2D eigenvalue weighted by Crippen LogP contribution is -2.45. The Morgan fingerprint density at radius 3 is 2.23 bits per heavy atom. The van der Waals surface area contributed by atoms with Gasteiger partial charge in [-0.05, 0) is 55.1 Å². The topological polar surface area (TPSA) is 40.6 Å². The van der Waals surface area contributed by atoms with Gasteiger partial charge in [0.05, 0.1) is 6.54 Å². The highest BCUT2D eigenvalue weighted by Gasteiger charge is 2.25. The lowest BCUT2D eigenvalue weighted by Gasteiger charge is -2.30.